The van der Waals surface area contributed by atoms with Gasteiger partial charge in [-0.05, 0) is 49.4 Å². The fraction of sp³-hybridized carbons (Fsp3) is 0.381. The summed E-state index contributed by atoms with van der Waals surface area (Å²) in [7, 11) is 0. The minimum Gasteiger partial charge on any atom is -0.494 e. The molecule has 0 atom stereocenters. The van der Waals surface area contributed by atoms with Gasteiger partial charge in [-0.25, -0.2) is 0 Å². The molecule has 0 unspecified atom stereocenters. The van der Waals surface area contributed by atoms with Gasteiger partial charge in [-0.3, -0.25) is 4.79 Å². The number of rotatable bonds is 8. The van der Waals surface area contributed by atoms with E-state index in [0.29, 0.717) is 12.5 Å². The minimum atomic E-state index is -0.0662. The third-order valence-electron chi connectivity index (χ3n) is 4.00. The molecule has 0 aliphatic heterocycles. The van der Waals surface area contributed by atoms with Crippen LogP contribution in [0.15, 0.2) is 42.5 Å². The Bertz CT molecular complexity index is 691. The van der Waals surface area contributed by atoms with Crippen molar-refractivity contribution in [3.8, 4) is 5.75 Å². The second kappa shape index (κ2) is 9.11. The molecule has 0 saturated carbocycles. The first-order valence-corrected chi connectivity index (χ1v) is 8.78. The monoisotopic (exact) mass is 340 g/mol. The summed E-state index contributed by atoms with van der Waals surface area (Å²) >= 11 is 0. The predicted octanol–water partition coefficient (Wildman–Crippen LogP) is 4.78. The van der Waals surface area contributed by atoms with E-state index in [0.717, 1.165) is 34.7 Å². The Labute approximate surface area is 150 Å². The Kier molecular flexibility index (Phi) is 6.87. The molecule has 0 saturated heterocycles. The van der Waals surface area contributed by atoms with Crippen molar-refractivity contribution in [3.63, 3.8) is 0 Å². The van der Waals surface area contributed by atoms with Crippen molar-refractivity contribution in [2.75, 3.05) is 23.8 Å². The molecule has 0 aliphatic rings. The molecule has 0 fully saturated rings. The quantitative estimate of drug-likeness (QED) is 0.727. The highest BCUT2D eigenvalue weighted by Crippen LogP contribution is 2.20. The van der Waals surface area contributed by atoms with Gasteiger partial charge in [0.25, 0.3) is 0 Å². The van der Waals surface area contributed by atoms with Crippen molar-refractivity contribution >= 4 is 17.3 Å². The van der Waals surface area contributed by atoms with Gasteiger partial charge in [0, 0.05) is 17.4 Å². The van der Waals surface area contributed by atoms with Gasteiger partial charge in [-0.1, -0.05) is 38.1 Å². The number of carbonyl (C=O) groups excluding carboxylic acids is 1. The van der Waals surface area contributed by atoms with Crippen LogP contribution in [-0.2, 0) is 4.79 Å². The molecule has 0 heterocycles. The molecule has 0 radical (unpaired) electrons. The molecule has 134 valence electrons. The van der Waals surface area contributed by atoms with E-state index in [9.17, 15) is 4.79 Å². The smallest absolute Gasteiger partial charge is 0.243 e. The van der Waals surface area contributed by atoms with Crippen LogP contribution >= 0.6 is 0 Å². The lowest BCUT2D eigenvalue weighted by Gasteiger charge is -2.13. The first-order valence-electron chi connectivity index (χ1n) is 8.78. The number of anilines is 2. The molecule has 0 bridgehead atoms. The maximum absolute atomic E-state index is 12.2. The summed E-state index contributed by atoms with van der Waals surface area (Å²) in [5.74, 6) is 1.37. The number of benzene rings is 2. The van der Waals surface area contributed by atoms with E-state index < -0.39 is 0 Å². The number of para-hydroxylation sites is 1. The molecule has 0 aromatic heterocycles. The van der Waals surface area contributed by atoms with Crippen molar-refractivity contribution in [2.24, 2.45) is 5.92 Å². The standard InChI is InChI=1S/C21H28N2O2/c1-15(2)11-12-25-19-10-6-9-18(13-19)22-14-20(24)23-21-16(3)7-5-8-17(21)4/h5-10,13,15,22H,11-12,14H2,1-4H3,(H,23,24). The average molecular weight is 340 g/mol. The molecular formula is C21H28N2O2. The molecule has 0 spiro atoms. The van der Waals surface area contributed by atoms with Crippen LogP contribution in [0.1, 0.15) is 31.4 Å². The zero-order chi connectivity index (χ0) is 18.2. The van der Waals surface area contributed by atoms with Gasteiger partial charge in [0.05, 0.1) is 13.2 Å². The summed E-state index contributed by atoms with van der Waals surface area (Å²) < 4.78 is 5.75. The second-order valence-electron chi connectivity index (χ2n) is 6.73. The van der Waals surface area contributed by atoms with Crippen LogP contribution in [0, 0.1) is 19.8 Å². The third-order valence-corrected chi connectivity index (χ3v) is 4.00. The molecule has 4 heteroatoms. The van der Waals surface area contributed by atoms with Crippen LogP contribution in [0.5, 0.6) is 5.75 Å². The molecule has 4 nitrogen and oxygen atoms in total. The van der Waals surface area contributed by atoms with E-state index in [1.165, 1.54) is 0 Å². The number of ether oxygens (including phenoxy) is 1. The van der Waals surface area contributed by atoms with E-state index in [-0.39, 0.29) is 12.5 Å². The van der Waals surface area contributed by atoms with Crippen LogP contribution in [0.25, 0.3) is 0 Å². The number of amides is 1. The Hall–Kier alpha value is -2.49. The zero-order valence-corrected chi connectivity index (χ0v) is 15.6. The van der Waals surface area contributed by atoms with E-state index in [1.807, 2.05) is 56.3 Å². The van der Waals surface area contributed by atoms with Gasteiger partial charge in [0.1, 0.15) is 5.75 Å². The van der Waals surface area contributed by atoms with E-state index in [2.05, 4.69) is 24.5 Å². The Morgan fingerprint density at radius 3 is 2.44 bits per heavy atom. The van der Waals surface area contributed by atoms with Gasteiger partial charge < -0.3 is 15.4 Å². The van der Waals surface area contributed by atoms with Gasteiger partial charge in [0.2, 0.25) is 5.91 Å². The van der Waals surface area contributed by atoms with Crippen molar-refractivity contribution in [1.82, 2.24) is 0 Å². The van der Waals surface area contributed by atoms with Gasteiger partial charge in [0.15, 0.2) is 0 Å². The number of hydrogen-bond donors (Lipinski definition) is 2. The number of nitrogens with one attached hydrogen (secondary N) is 2. The van der Waals surface area contributed by atoms with Crippen molar-refractivity contribution in [2.45, 2.75) is 34.1 Å². The summed E-state index contributed by atoms with van der Waals surface area (Å²) in [6.45, 7) is 9.26. The van der Waals surface area contributed by atoms with Gasteiger partial charge in [-0.15, -0.1) is 0 Å². The van der Waals surface area contributed by atoms with Crippen molar-refractivity contribution in [1.29, 1.82) is 0 Å². The van der Waals surface area contributed by atoms with Crippen LogP contribution in [-0.4, -0.2) is 19.1 Å². The largest absolute Gasteiger partial charge is 0.494 e. The molecule has 0 aliphatic carbocycles. The highest BCUT2D eigenvalue weighted by Gasteiger charge is 2.07. The summed E-state index contributed by atoms with van der Waals surface area (Å²) in [6.07, 6.45) is 1.02. The Balaban J connectivity index is 1.87. The highest BCUT2D eigenvalue weighted by atomic mass is 16.5. The Morgan fingerprint density at radius 2 is 1.76 bits per heavy atom. The molecule has 1 amide bonds. The molecule has 2 rings (SSSR count). The topological polar surface area (TPSA) is 50.4 Å². The molecule has 2 N–H and O–H groups in total. The normalized spacial score (nSPS) is 10.6. The predicted molar refractivity (Wildman–Crippen MR) is 104 cm³/mol. The van der Waals surface area contributed by atoms with E-state index in [1.54, 1.807) is 0 Å². The first-order chi connectivity index (χ1) is 12.0. The van der Waals surface area contributed by atoms with Gasteiger partial charge in [-0.2, -0.15) is 0 Å². The van der Waals surface area contributed by atoms with E-state index >= 15 is 0 Å². The molecule has 25 heavy (non-hydrogen) atoms. The summed E-state index contributed by atoms with van der Waals surface area (Å²) in [5.41, 5.74) is 3.89. The summed E-state index contributed by atoms with van der Waals surface area (Å²) in [6, 6.07) is 13.7. The van der Waals surface area contributed by atoms with Crippen LogP contribution in [0.4, 0.5) is 11.4 Å². The van der Waals surface area contributed by atoms with Gasteiger partial charge >= 0.3 is 0 Å². The summed E-state index contributed by atoms with van der Waals surface area (Å²) in [4.78, 5) is 12.2. The number of hydrogen-bond acceptors (Lipinski definition) is 3. The SMILES string of the molecule is Cc1cccc(C)c1NC(=O)CNc1cccc(OCCC(C)C)c1. The molecule has 2 aromatic rings. The number of aryl methyl sites for hydroxylation is 2. The lowest BCUT2D eigenvalue weighted by molar-refractivity contribution is -0.114. The maximum Gasteiger partial charge on any atom is 0.243 e. The molecule has 2 aromatic carbocycles. The average Bonchev–Trinajstić information content (AvgIpc) is 2.56. The van der Waals surface area contributed by atoms with Crippen LogP contribution in [0.2, 0.25) is 0 Å². The highest BCUT2D eigenvalue weighted by molar-refractivity contribution is 5.95. The summed E-state index contributed by atoms with van der Waals surface area (Å²) in [5, 5.41) is 6.13. The van der Waals surface area contributed by atoms with E-state index in [4.69, 9.17) is 4.74 Å². The lowest BCUT2D eigenvalue weighted by atomic mass is 10.1. The fourth-order valence-corrected chi connectivity index (χ4v) is 2.49. The zero-order valence-electron chi connectivity index (χ0n) is 15.6. The van der Waals surface area contributed by atoms with Crippen LogP contribution in [0.3, 0.4) is 0 Å². The van der Waals surface area contributed by atoms with Crippen molar-refractivity contribution < 1.29 is 9.53 Å². The van der Waals surface area contributed by atoms with Crippen molar-refractivity contribution in [3.05, 3.63) is 53.6 Å². The number of carbonyl (C=O) groups is 1. The minimum absolute atomic E-state index is 0.0662. The maximum atomic E-state index is 12.2. The lowest BCUT2D eigenvalue weighted by Crippen LogP contribution is -2.22. The third kappa shape index (κ3) is 6.14. The fourth-order valence-electron chi connectivity index (χ4n) is 2.49. The van der Waals surface area contributed by atoms with Crippen LogP contribution < -0.4 is 15.4 Å². The second-order valence-corrected chi connectivity index (χ2v) is 6.73. The molecular weight excluding hydrogens is 312 g/mol. The first kappa shape index (κ1) is 18.8. The Morgan fingerprint density at radius 1 is 1.08 bits per heavy atom.